The summed E-state index contributed by atoms with van der Waals surface area (Å²) in [4.78, 5) is 30.9. The van der Waals surface area contributed by atoms with E-state index < -0.39 is 0 Å². The number of esters is 2. The summed E-state index contributed by atoms with van der Waals surface area (Å²) in [7, 11) is 2.09. The number of aliphatic hydroxyl groups is 1. The predicted molar refractivity (Wildman–Crippen MR) is 238 cm³/mol. The van der Waals surface area contributed by atoms with E-state index in [1.807, 2.05) is 0 Å². The number of hydrogen-bond acceptors (Lipinski definition) is 7. The molecule has 332 valence electrons. The first-order chi connectivity index (χ1) is 27.4. The molecule has 1 rings (SSSR count). The molecule has 56 heavy (non-hydrogen) atoms. The molecule has 1 aliphatic rings. The number of rotatable bonds is 43. The van der Waals surface area contributed by atoms with E-state index in [2.05, 4.69) is 37.6 Å². The first-order valence-corrected chi connectivity index (χ1v) is 24.8. The van der Waals surface area contributed by atoms with Crippen molar-refractivity contribution in [3.05, 3.63) is 0 Å². The van der Waals surface area contributed by atoms with Crippen LogP contribution in [-0.2, 0) is 19.1 Å². The van der Waals surface area contributed by atoms with Gasteiger partial charge in [-0.1, -0.05) is 175 Å². The third-order valence-electron chi connectivity index (χ3n) is 12.5. The number of likely N-dealkylation sites (N-methyl/N-ethyl adjacent to an activating group) is 1. The van der Waals surface area contributed by atoms with E-state index in [4.69, 9.17) is 9.47 Å². The highest BCUT2D eigenvalue weighted by Gasteiger charge is 2.25. The summed E-state index contributed by atoms with van der Waals surface area (Å²) in [5.74, 6) is 0.293. The number of aliphatic hydroxyl groups excluding tert-OH is 1. The number of hydrogen-bond donors (Lipinski definition) is 1. The summed E-state index contributed by atoms with van der Waals surface area (Å²) >= 11 is 0. The Kier molecular flexibility index (Phi) is 37.1. The van der Waals surface area contributed by atoms with Crippen LogP contribution in [0, 0.1) is 11.8 Å². The van der Waals surface area contributed by atoms with Crippen molar-refractivity contribution in [2.45, 2.75) is 239 Å². The van der Waals surface area contributed by atoms with Gasteiger partial charge in [0.25, 0.3) is 0 Å². The minimum absolute atomic E-state index is 0.0453. The molecule has 0 heterocycles. The molecule has 0 aliphatic heterocycles. The van der Waals surface area contributed by atoms with Gasteiger partial charge >= 0.3 is 11.9 Å². The van der Waals surface area contributed by atoms with Crippen LogP contribution in [0.5, 0.6) is 0 Å². The molecule has 7 nitrogen and oxygen atoms in total. The highest BCUT2D eigenvalue weighted by molar-refractivity contribution is 5.70. The minimum Gasteiger partial charge on any atom is -0.465 e. The van der Waals surface area contributed by atoms with E-state index >= 15 is 0 Å². The summed E-state index contributed by atoms with van der Waals surface area (Å²) in [6.45, 7) is 11.5. The van der Waals surface area contributed by atoms with Crippen molar-refractivity contribution in [3.8, 4) is 0 Å². The second-order valence-corrected chi connectivity index (χ2v) is 17.8. The average Bonchev–Trinajstić information content (AvgIpc) is 3.17. The lowest BCUT2D eigenvalue weighted by molar-refractivity contribution is -0.150. The molecule has 0 spiro atoms. The highest BCUT2D eigenvalue weighted by Crippen LogP contribution is 2.26. The van der Waals surface area contributed by atoms with Crippen LogP contribution in [0.25, 0.3) is 0 Å². The van der Waals surface area contributed by atoms with E-state index in [1.54, 1.807) is 0 Å². The zero-order valence-corrected chi connectivity index (χ0v) is 38.0. The third-order valence-corrected chi connectivity index (χ3v) is 12.5. The maximum atomic E-state index is 13.3. The maximum Gasteiger partial charge on any atom is 0.306 e. The predicted octanol–water partition coefficient (Wildman–Crippen LogP) is 12.8. The van der Waals surface area contributed by atoms with Crippen molar-refractivity contribution >= 4 is 11.9 Å². The monoisotopic (exact) mass is 793 g/mol. The molecule has 1 N–H and O–H groups in total. The first kappa shape index (κ1) is 52.8. The lowest BCUT2D eigenvalue weighted by atomic mass is 9.91. The molecule has 2 unspecified atom stereocenters. The molecule has 7 heteroatoms. The van der Waals surface area contributed by atoms with E-state index in [1.165, 1.54) is 154 Å². The van der Waals surface area contributed by atoms with Crippen LogP contribution in [-0.4, -0.2) is 85.9 Å². The number of unbranched alkanes of at least 4 members (excludes halogenated alkanes) is 21. The van der Waals surface area contributed by atoms with Gasteiger partial charge in [0.2, 0.25) is 0 Å². The van der Waals surface area contributed by atoms with Crippen LogP contribution in [0.2, 0.25) is 0 Å². The van der Waals surface area contributed by atoms with Crippen LogP contribution >= 0.6 is 0 Å². The Morgan fingerprint density at radius 2 is 0.982 bits per heavy atom. The van der Waals surface area contributed by atoms with Gasteiger partial charge in [-0.25, -0.2) is 0 Å². The van der Waals surface area contributed by atoms with E-state index in [-0.39, 0.29) is 24.5 Å². The first-order valence-electron chi connectivity index (χ1n) is 24.8. The summed E-state index contributed by atoms with van der Waals surface area (Å²) < 4.78 is 11.9. The third kappa shape index (κ3) is 31.8. The molecule has 0 amide bonds. The van der Waals surface area contributed by atoms with Crippen molar-refractivity contribution in [1.29, 1.82) is 0 Å². The van der Waals surface area contributed by atoms with Crippen molar-refractivity contribution in [3.63, 3.8) is 0 Å². The van der Waals surface area contributed by atoms with Crippen molar-refractivity contribution in [2.24, 2.45) is 11.8 Å². The SMILES string of the molecule is CCCCCCCCCCCCCCCC(=O)OCC(CCCCN(CCN(C)CCO)C1CCC1)COC(=O)CC(CCCCCC)CCCCCCCC. The quantitative estimate of drug-likeness (QED) is 0.0486. The molecule has 0 bridgehead atoms. The number of nitrogens with zero attached hydrogens (tertiary/aromatic N) is 2. The molecule has 1 aliphatic carbocycles. The molecule has 0 saturated heterocycles. The second-order valence-electron chi connectivity index (χ2n) is 17.8. The second kappa shape index (κ2) is 39.3. The van der Waals surface area contributed by atoms with Crippen molar-refractivity contribution < 1.29 is 24.2 Å². The maximum absolute atomic E-state index is 13.3. The summed E-state index contributed by atoms with van der Waals surface area (Å²) in [5.41, 5.74) is 0. The zero-order chi connectivity index (χ0) is 40.7. The molecule has 1 fully saturated rings. The molecular formula is C49H96N2O5. The van der Waals surface area contributed by atoms with Gasteiger partial charge in [-0.3, -0.25) is 14.5 Å². The molecule has 2 atom stereocenters. The van der Waals surface area contributed by atoms with Crippen LogP contribution in [0.1, 0.15) is 233 Å². The van der Waals surface area contributed by atoms with E-state index in [0.29, 0.717) is 38.0 Å². The summed E-state index contributed by atoms with van der Waals surface area (Å²) in [6.07, 6.45) is 39.7. The van der Waals surface area contributed by atoms with Gasteiger partial charge in [-0.2, -0.15) is 0 Å². The summed E-state index contributed by atoms with van der Waals surface area (Å²) in [5, 5.41) is 9.32. The van der Waals surface area contributed by atoms with Crippen LogP contribution in [0.4, 0.5) is 0 Å². The van der Waals surface area contributed by atoms with Crippen LogP contribution < -0.4 is 0 Å². The fourth-order valence-electron chi connectivity index (χ4n) is 8.27. The zero-order valence-electron chi connectivity index (χ0n) is 38.0. The van der Waals surface area contributed by atoms with Gasteiger partial charge in [0.1, 0.15) is 0 Å². The standard InChI is InChI=1S/C49H96N2O5/c1-5-8-11-14-16-17-18-19-20-21-22-24-27-36-48(53)55-43-46(33-28-29-37-51(47-34-30-35-47)39-38-50(4)40-41-52)44-56-49(54)42-45(31-25-13-10-7-3)32-26-23-15-12-9-6-2/h45-47,52H,5-44H2,1-4H3. The molecule has 0 aromatic rings. The van der Waals surface area contributed by atoms with Gasteiger partial charge in [-0.05, 0) is 64.5 Å². The van der Waals surface area contributed by atoms with Crippen LogP contribution in [0.15, 0.2) is 0 Å². The van der Waals surface area contributed by atoms with E-state index in [0.717, 1.165) is 71.1 Å². The Bertz CT molecular complexity index is 867. The fourth-order valence-corrected chi connectivity index (χ4v) is 8.27. The van der Waals surface area contributed by atoms with Gasteiger partial charge < -0.3 is 19.5 Å². The Morgan fingerprint density at radius 3 is 1.48 bits per heavy atom. The van der Waals surface area contributed by atoms with Gasteiger partial charge in [0.05, 0.1) is 19.8 Å². The largest absolute Gasteiger partial charge is 0.465 e. The molecule has 0 aromatic heterocycles. The van der Waals surface area contributed by atoms with Gasteiger partial charge in [0.15, 0.2) is 0 Å². The Balaban J connectivity index is 2.56. The molecule has 0 radical (unpaired) electrons. The lowest BCUT2D eigenvalue weighted by Crippen LogP contribution is -2.44. The van der Waals surface area contributed by atoms with Gasteiger partial charge in [0, 0.05) is 44.4 Å². The minimum atomic E-state index is -0.0985. The Morgan fingerprint density at radius 1 is 0.536 bits per heavy atom. The number of carbonyl (C=O) groups excluding carboxylic acids is 2. The summed E-state index contributed by atoms with van der Waals surface area (Å²) in [6, 6.07) is 0.687. The Labute approximate surface area is 348 Å². The highest BCUT2D eigenvalue weighted by atomic mass is 16.5. The van der Waals surface area contributed by atoms with Crippen molar-refractivity contribution in [1.82, 2.24) is 9.80 Å². The molecule has 1 saturated carbocycles. The van der Waals surface area contributed by atoms with Gasteiger partial charge in [-0.15, -0.1) is 0 Å². The number of ether oxygens (including phenoxy) is 2. The van der Waals surface area contributed by atoms with E-state index in [9.17, 15) is 14.7 Å². The Hall–Kier alpha value is -1.18. The fraction of sp³-hybridized carbons (Fsp3) is 0.959. The average molecular weight is 793 g/mol. The molecular weight excluding hydrogens is 697 g/mol. The normalized spacial score (nSPS) is 14.3. The lowest BCUT2D eigenvalue weighted by Gasteiger charge is -2.38. The van der Waals surface area contributed by atoms with Crippen molar-refractivity contribution in [2.75, 3.05) is 53.0 Å². The topological polar surface area (TPSA) is 79.3 Å². The molecule has 0 aromatic carbocycles. The number of carbonyl (C=O) groups is 2. The van der Waals surface area contributed by atoms with Crippen LogP contribution in [0.3, 0.4) is 0 Å². The smallest absolute Gasteiger partial charge is 0.306 e.